The Morgan fingerprint density at radius 2 is 2.10 bits per heavy atom. The number of Topliss-reactive ketones (excluding diaryl/α,β-unsaturated/α-hetero) is 1. The summed E-state index contributed by atoms with van der Waals surface area (Å²) in [4.78, 5) is 12.8. The van der Waals surface area contributed by atoms with Crippen molar-refractivity contribution in [1.29, 1.82) is 0 Å². The van der Waals surface area contributed by atoms with E-state index in [-0.39, 0.29) is 11.7 Å². The minimum atomic E-state index is 0.0931. The van der Waals surface area contributed by atoms with Gasteiger partial charge in [0.15, 0.2) is 5.78 Å². The first-order valence-corrected chi connectivity index (χ1v) is 8.16. The second-order valence-corrected chi connectivity index (χ2v) is 6.68. The summed E-state index contributed by atoms with van der Waals surface area (Å²) in [6.07, 6.45) is 5.76. The van der Waals surface area contributed by atoms with Crippen LogP contribution in [0.4, 0.5) is 0 Å². The molecule has 0 aliphatic heterocycles. The summed E-state index contributed by atoms with van der Waals surface area (Å²) in [6, 6.07) is 0. The van der Waals surface area contributed by atoms with Crippen molar-refractivity contribution in [3.05, 3.63) is 16.9 Å². The van der Waals surface area contributed by atoms with E-state index in [1.165, 1.54) is 0 Å². The van der Waals surface area contributed by atoms with E-state index in [1.54, 1.807) is 18.0 Å². The lowest BCUT2D eigenvalue weighted by atomic mass is 9.75. The molecule has 1 aromatic heterocycles. The first kappa shape index (κ1) is 16.5. The molecule has 2 rings (SSSR count). The maximum absolute atomic E-state index is 12.8. The van der Waals surface area contributed by atoms with Crippen molar-refractivity contribution in [3.63, 3.8) is 0 Å². The van der Waals surface area contributed by atoms with E-state index >= 15 is 0 Å². The van der Waals surface area contributed by atoms with E-state index in [0.717, 1.165) is 31.6 Å². The normalized spacial score (nSPS) is 22.7. The van der Waals surface area contributed by atoms with Gasteiger partial charge in [-0.25, -0.2) is 0 Å². The Morgan fingerprint density at radius 3 is 2.67 bits per heavy atom. The van der Waals surface area contributed by atoms with Crippen molar-refractivity contribution in [3.8, 4) is 0 Å². The van der Waals surface area contributed by atoms with Crippen LogP contribution in [0.1, 0.15) is 50.0 Å². The van der Waals surface area contributed by atoms with Crippen molar-refractivity contribution in [2.45, 2.75) is 46.1 Å². The number of halogens is 1. The molecule has 118 valence electrons. The average molecular weight is 313 g/mol. The van der Waals surface area contributed by atoms with Gasteiger partial charge >= 0.3 is 0 Å². The molecule has 4 nitrogen and oxygen atoms in total. The van der Waals surface area contributed by atoms with Crippen LogP contribution in [0.5, 0.6) is 0 Å². The van der Waals surface area contributed by atoms with Crippen LogP contribution in [0.25, 0.3) is 0 Å². The number of aromatic nitrogens is 2. The predicted octanol–water partition coefficient (Wildman–Crippen LogP) is 3.83. The molecule has 0 spiro atoms. The molecule has 21 heavy (non-hydrogen) atoms. The molecule has 0 atom stereocenters. The number of rotatable bonds is 6. The zero-order chi connectivity index (χ0) is 15.4. The molecule has 5 heteroatoms. The van der Waals surface area contributed by atoms with Crippen molar-refractivity contribution in [1.82, 2.24) is 9.78 Å². The summed E-state index contributed by atoms with van der Waals surface area (Å²) in [7, 11) is 1.64. The van der Waals surface area contributed by atoms with Gasteiger partial charge in [0.25, 0.3) is 0 Å². The van der Waals surface area contributed by atoms with Crippen LogP contribution in [-0.2, 0) is 11.3 Å². The number of carbonyl (C=O) groups is 1. The minimum absolute atomic E-state index is 0.0931. The Balaban J connectivity index is 2.05. The molecule has 0 saturated heterocycles. The Morgan fingerprint density at radius 1 is 1.43 bits per heavy atom. The number of hydrogen-bond donors (Lipinski definition) is 0. The van der Waals surface area contributed by atoms with Crippen molar-refractivity contribution in [2.24, 2.45) is 17.8 Å². The van der Waals surface area contributed by atoms with Gasteiger partial charge in [-0.3, -0.25) is 9.48 Å². The first-order valence-electron chi connectivity index (χ1n) is 7.79. The van der Waals surface area contributed by atoms with Crippen molar-refractivity contribution >= 4 is 17.4 Å². The maximum Gasteiger partial charge on any atom is 0.185 e. The maximum atomic E-state index is 12.8. The summed E-state index contributed by atoms with van der Waals surface area (Å²) in [5.74, 6) is 1.70. The zero-order valence-corrected chi connectivity index (χ0v) is 13.9. The third-order valence-corrected chi connectivity index (χ3v) is 4.90. The Hall–Kier alpha value is -0.870. The number of hydrogen-bond acceptors (Lipinski definition) is 3. The molecule has 0 amide bonds. The highest BCUT2D eigenvalue weighted by Crippen LogP contribution is 2.35. The summed E-state index contributed by atoms with van der Waals surface area (Å²) < 4.78 is 6.74. The minimum Gasteiger partial charge on any atom is -0.383 e. The van der Waals surface area contributed by atoms with Crippen molar-refractivity contribution < 1.29 is 9.53 Å². The first-order chi connectivity index (χ1) is 10.0. The van der Waals surface area contributed by atoms with E-state index < -0.39 is 0 Å². The van der Waals surface area contributed by atoms with Crippen LogP contribution in [-0.4, -0.2) is 29.3 Å². The highest BCUT2D eigenvalue weighted by atomic mass is 35.5. The molecule has 0 radical (unpaired) electrons. The molecule has 1 fully saturated rings. The van der Waals surface area contributed by atoms with Gasteiger partial charge in [0.05, 0.1) is 24.4 Å². The molecule has 1 aliphatic carbocycles. The van der Waals surface area contributed by atoms with Crippen molar-refractivity contribution in [2.75, 3.05) is 13.7 Å². The lowest BCUT2D eigenvalue weighted by Crippen LogP contribution is -2.26. The highest BCUT2D eigenvalue weighted by molar-refractivity contribution is 6.33. The standard InChI is InChI=1S/C16H25ClN2O2/c1-11(2)12-4-6-13(7-5-12)16(20)15-14(17)10-18-19(15)8-9-21-3/h10-13H,4-9H2,1-3H3. The molecular formula is C16H25ClN2O2. The lowest BCUT2D eigenvalue weighted by Gasteiger charge is -2.30. The molecule has 1 aromatic rings. The molecule has 0 bridgehead atoms. The molecule has 0 aromatic carbocycles. The topological polar surface area (TPSA) is 44.1 Å². The third-order valence-electron chi connectivity index (χ3n) is 4.62. The highest BCUT2D eigenvalue weighted by Gasteiger charge is 2.31. The van der Waals surface area contributed by atoms with Crippen LogP contribution < -0.4 is 0 Å². The van der Waals surface area contributed by atoms with Gasteiger partial charge in [-0.2, -0.15) is 5.10 Å². The van der Waals surface area contributed by atoms with Crippen LogP contribution in [0, 0.1) is 17.8 Å². The fraction of sp³-hybridized carbons (Fsp3) is 0.750. The monoisotopic (exact) mass is 312 g/mol. The summed E-state index contributed by atoms with van der Waals surface area (Å²) in [6.45, 7) is 5.62. The van der Waals surface area contributed by atoms with Gasteiger partial charge in [0, 0.05) is 13.0 Å². The van der Waals surface area contributed by atoms with Gasteiger partial charge in [0.1, 0.15) is 5.69 Å². The number of ether oxygens (including phenoxy) is 1. The summed E-state index contributed by atoms with van der Waals surface area (Å²) in [5, 5.41) is 4.66. The summed E-state index contributed by atoms with van der Waals surface area (Å²) >= 11 is 6.17. The Kier molecular flexibility index (Phi) is 5.82. The number of nitrogens with zero attached hydrogens (tertiary/aromatic N) is 2. The quantitative estimate of drug-likeness (QED) is 0.750. The molecule has 1 heterocycles. The van der Waals surface area contributed by atoms with E-state index in [2.05, 4.69) is 18.9 Å². The number of methoxy groups -OCH3 is 1. The average Bonchev–Trinajstić information content (AvgIpc) is 2.85. The second-order valence-electron chi connectivity index (χ2n) is 6.28. The van der Waals surface area contributed by atoms with E-state index in [1.807, 2.05) is 0 Å². The van der Waals surface area contributed by atoms with Crippen LogP contribution in [0.15, 0.2) is 6.20 Å². The third kappa shape index (κ3) is 3.86. The molecular weight excluding hydrogens is 288 g/mol. The fourth-order valence-electron chi connectivity index (χ4n) is 3.20. The fourth-order valence-corrected chi connectivity index (χ4v) is 3.43. The number of ketones is 1. The molecule has 0 N–H and O–H groups in total. The number of carbonyl (C=O) groups excluding carboxylic acids is 1. The van der Waals surface area contributed by atoms with Crippen LogP contribution >= 0.6 is 11.6 Å². The van der Waals surface area contributed by atoms with E-state index in [4.69, 9.17) is 16.3 Å². The Labute approximate surface area is 131 Å². The van der Waals surface area contributed by atoms with Gasteiger partial charge in [-0.05, 0) is 37.5 Å². The van der Waals surface area contributed by atoms with Crippen LogP contribution in [0.3, 0.4) is 0 Å². The van der Waals surface area contributed by atoms with Gasteiger partial charge in [0.2, 0.25) is 0 Å². The zero-order valence-electron chi connectivity index (χ0n) is 13.1. The predicted molar refractivity (Wildman–Crippen MR) is 83.7 cm³/mol. The molecule has 1 aliphatic rings. The van der Waals surface area contributed by atoms with Crippen LogP contribution in [0.2, 0.25) is 5.02 Å². The van der Waals surface area contributed by atoms with E-state index in [0.29, 0.717) is 29.8 Å². The second kappa shape index (κ2) is 7.41. The Bertz CT molecular complexity index is 477. The van der Waals surface area contributed by atoms with E-state index in [9.17, 15) is 4.79 Å². The van der Waals surface area contributed by atoms with Gasteiger partial charge in [-0.1, -0.05) is 25.4 Å². The van der Waals surface area contributed by atoms with Gasteiger partial charge in [-0.15, -0.1) is 0 Å². The smallest absolute Gasteiger partial charge is 0.185 e. The molecule has 1 saturated carbocycles. The van der Waals surface area contributed by atoms with Gasteiger partial charge < -0.3 is 4.74 Å². The largest absolute Gasteiger partial charge is 0.383 e. The molecule has 0 unspecified atom stereocenters. The SMILES string of the molecule is COCCn1ncc(Cl)c1C(=O)C1CCC(C(C)C)CC1. The summed E-state index contributed by atoms with van der Waals surface area (Å²) in [5.41, 5.74) is 0.557. The lowest BCUT2D eigenvalue weighted by molar-refractivity contribution is 0.0844.